The highest BCUT2D eigenvalue weighted by atomic mass is 16.5. The maximum absolute atomic E-state index is 12.8. The van der Waals surface area contributed by atoms with Gasteiger partial charge in [-0.2, -0.15) is 0 Å². The van der Waals surface area contributed by atoms with Crippen molar-refractivity contribution in [3.8, 4) is 5.75 Å². The summed E-state index contributed by atoms with van der Waals surface area (Å²) in [5, 5.41) is 9.55. The van der Waals surface area contributed by atoms with Crippen LogP contribution < -0.4 is 20.7 Å². The monoisotopic (exact) mass is 492 g/mol. The van der Waals surface area contributed by atoms with Gasteiger partial charge in [-0.1, -0.05) is 59.4 Å². The van der Waals surface area contributed by atoms with Crippen LogP contribution in [0.4, 0.5) is 11.4 Å². The number of rotatable bonds is 13. The fraction of sp³-hybridized carbons (Fsp3) is 0.533. The molecule has 0 fully saturated rings. The largest absolute Gasteiger partial charge is 0.494 e. The first kappa shape index (κ1) is 27.6. The lowest BCUT2D eigenvalue weighted by molar-refractivity contribution is 0.0975. The molecule has 6 nitrogen and oxygen atoms in total. The molecule has 0 radical (unpaired) electrons. The molecule has 0 saturated carbocycles. The number of nitrogens with one attached hydrogen (secondary N) is 3. The second-order valence-corrected chi connectivity index (χ2v) is 9.98. The van der Waals surface area contributed by atoms with Gasteiger partial charge in [0.15, 0.2) is 5.96 Å². The van der Waals surface area contributed by atoms with Crippen LogP contribution in [0, 0.1) is 5.92 Å². The van der Waals surface area contributed by atoms with E-state index in [1.54, 1.807) is 0 Å². The smallest absolute Gasteiger partial charge is 0.257 e. The molecule has 3 rings (SSSR count). The Morgan fingerprint density at radius 1 is 1.11 bits per heavy atom. The first-order chi connectivity index (χ1) is 17.5. The third kappa shape index (κ3) is 8.58. The van der Waals surface area contributed by atoms with E-state index in [0.717, 1.165) is 61.1 Å². The van der Waals surface area contributed by atoms with Crippen molar-refractivity contribution in [3.63, 3.8) is 0 Å². The van der Waals surface area contributed by atoms with Gasteiger partial charge in [-0.25, -0.2) is 0 Å². The number of benzene rings is 2. The van der Waals surface area contributed by atoms with Crippen LogP contribution in [0.25, 0.3) is 0 Å². The fourth-order valence-electron chi connectivity index (χ4n) is 4.60. The molecule has 2 aromatic rings. The number of ether oxygens (including phenoxy) is 1. The van der Waals surface area contributed by atoms with Crippen molar-refractivity contribution in [2.24, 2.45) is 10.9 Å². The van der Waals surface area contributed by atoms with E-state index < -0.39 is 0 Å². The molecule has 0 spiro atoms. The van der Waals surface area contributed by atoms with E-state index in [4.69, 9.17) is 4.74 Å². The Bertz CT molecular complexity index is 1000. The fourth-order valence-corrected chi connectivity index (χ4v) is 4.60. The van der Waals surface area contributed by atoms with Crippen molar-refractivity contribution in [2.75, 3.05) is 25.0 Å². The average molecular weight is 493 g/mol. The van der Waals surface area contributed by atoms with E-state index in [-0.39, 0.29) is 11.8 Å². The first-order valence-corrected chi connectivity index (χ1v) is 13.7. The summed E-state index contributed by atoms with van der Waals surface area (Å²) in [4.78, 5) is 17.1. The maximum Gasteiger partial charge on any atom is 0.257 e. The zero-order chi connectivity index (χ0) is 25.8. The third-order valence-electron chi connectivity index (χ3n) is 6.73. The van der Waals surface area contributed by atoms with Gasteiger partial charge in [-0.05, 0) is 67.0 Å². The van der Waals surface area contributed by atoms with E-state index >= 15 is 0 Å². The molecule has 1 atom stereocenters. The lowest BCUT2D eigenvalue weighted by Crippen LogP contribution is -2.43. The Morgan fingerprint density at radius 2 is 1.97 bits per heavy atom. The normalized spacial score (nSPS) is 14.1. The second-order valence-electron chi connectivity index (χ2n) is 9.98. The number of carbonyl (C=O) groups excluding carboxylic acids is 1. The van der Waals surface area contributed by atoms with Crippen LogP contribution in [0.15, 0.2) is 47.5 Å². The molecule has 196 valence electrons. The van der Waals surface area contributed by atoms with Gasteiger partial charge in [-0.3, -0.25) is 15.1 Å². The van der Waals surface area contributed by atoms with Crippen LogP contribution in [0.2, 0.25) is 0 Å². The number of aliphatic imine (C=N–C) groups is 1. The first-order valence-electron chi connectivity index (χ1n) is 13.7. The summed E-state index contributed by atoms with van der Waals surface area (Å²) in [5.41, 5.74) is 3.68. The van der Waals surface area contributed by atoms with E-state index in [9.17, 15) is 4.79 Å². The number of carbonyl (C=O) groups is 1. The molecule has 2 aromatic carbocycles. The van der Waals surface area contributed by atoms with Gasteiger partial charge in [0.2, 0.25) is 0 Å². The molecule has 1 heterocycles. The highest BCUT2D eigenvalue weighted by Gasteiger charge is 2.15. The van der Waals surface area contributed by atoms with Crippen LogP contribution in [0.3, 0.4) is 0 Å². The molecule has 1 unspecified atom stereocenters. The molecule has 0 aromatic heterocycles. The van der Waals surface area contributed by atoms with Crippen molar-refractivity contribution in [1.29, 1.82) is 0 Å². The van der Waals surface area contributed by atoms with Crippen LogP contribution in [-0.4, -0.2) is 31.6 Å². The van der Waals surface area contributed by atoms with Gasteiger partial charge in [0, 0.05) is 36.1 Å². The van der Waals surface area contributed by atoms with Crippen molar-refractivity contribution in [1.82, 2.24) is 10.6 Å². The predicted molar refractivity (Wildman–Crippen MR) is 151 cm³/mol. The number of unbranched alkanes of at least 4 members (excludes halogenated alkanes) is 1. The van der Waals surface area contributed by atoms with Gasteiger partial charge in [0.25, 0.3) is 5.91 Å². The van der Waals surface area contributed by atoms with Crippen molar-refractivity contribution < 1.29 is 9.53 Å². The second kappa shape index (κ2) is 14.5. The van der Waals surface area contributed by atoms with Gasteiger partial charge >= 0.3 is 0 Å². The number of amides is 1. The zero-order valence-electron chi connectivity index (χ0n) is 22.5. The summed E-state index contributed by atoms with van der Waals surface area (Å²) in [6, 6.07) is 13.9. The molecule has 0 aliphatic carbocycles. The molecule has 1 aliphatic rings. The SMILES string of the molecule is CCCC(CC)CCCCOc1cccc(Nc2ccc(C(=O)NC3=NCCCN3)cc2C(C)C)c1. The van der Waals surface area contributed by atoms with Crippen molar-refractivity contribution in [2.45, 2.75) is 78.6 Å². The summed E-state index contributed by atoms with van der Waals surface area (Å²) >= 11 is 0. The quantitative estimate of drug-likeness (QED) is 0.263. The van der Waals surface area contributed by atoms with E-state index in [2.05, 4.69) is 48.6 Å². The molecule has 0 saturated heterocycles. The van der Waals surface area contributed by atoms with Crippen LogP contribution >= 0.6 is 0 Å². The Morgan fingerprint density at radius 3 is 2.69 bits per heavy atom. The Labute approximate surface area is 217 Å². The van der Waals surface area contributed by atoms with Crippen LogP contribution in [-0.2, 0) is 0 Å². The summed E-state index contributed by atoms with van der Waals surface area (Å²) in [6.07, 6.45) is 8.48. The maximum atomic E-state index is 12.8. The summed E-state index contributed by atoms with van der Waals surface area (Å²) in [6.45, 7) is 11.2. The number of hydrogen-bond donors (Lipinski definition) is 3. The molecule has 36 heavy (non-hydrogen) atoms. The lowest BCUT2D eigenvalue weighted by atomic mass is 9.95. The number of hydrogen-bond acceptors (Lipinski definition) is 5. The van der Waals surface area contributed by atoms with Crippen molar-refractivity contribution >= 4 is 23.2 Å². The minimum atomic E-state index is -0.146. The molecular weight excluding hydrogens is 448 g/mol. The summed E-state index contributed by atoms with van der Waals surface area (Å²) < 4.78 is 6.05. The van der Waals surface area contributed by atoms with E-state index in [0.29, 0.717) is 11.5 Å². The Hall–Kier alpha value is -3.02. The van der Waals surface area contributed by atoms with Crippen LogP contribution in [0.5, 0.6) is 5.75 Å². The molecule has 6 heteroatoms. The highest BCUT2D eigenvalue weighted by Crippen LogP contribution is 2.30. The van der Waals surface area contributed by atoms with Gasteiger partial charge in [0.05, 0.1) is 6.61 Å². The molecular formula is C30H44N4O2. The van der Waals surface area contributed by atoms with Gasteiger partial charge < -0.3 is 15.4 Å². The van der Waals surface area contributed by atoms with Gasteiger partial charge in [-0.15, -0.1) is 0 Å². The third-order valence-corrected chi connectivity index (χ3v) is 6.73. The lowest BCUT2D eigenvalue weighted by Gasteiger charge is -2.18. The average Bonchev–Trinajstić information content (AvgIpc) is 2.88. The molecule has 1 amide bonds. The van der Waals surface area contributed by atoms with Gasteiger partial charge in [0.1, 0.15) is 5.75 Å². The Kier molecular flexibility index (Phi) is 11.1. The van der Waals surface area contributed by atoms with E-state index in [1.165, 1.54) is 32.1 Å². The van der Waals surface area contributed by atoms with Crippen LogP contribution in [0.1, 0.15) is 94.5 Å². The number of guanidine groups is 1. The Balaban J connectivity index is 1.58. The minimum absolute atomic E-state index is 0.146. The molecule has 1 aliphatic heterocycles. The minimum Gasteiger partial charge on any atom is -0.494 e. The number of anilines is 2. The number of nitrogens with zero attached hydrogens (tertiary/aromatic N) is 1. The predicted octanol–water partition coefficient (Wildman–Crippen LogP) is 7.01. The topological polar surface area (TPSA) is 74.8 Å². The summed E-state index contributed by atoms with van der Waals surface area (Å²) in [5.74, 6) is 2.40. The standard InChI is InChI=1S/C30H44N4O2/c1-5-11-23(6-2)12-7-8-19-36-26-14-9-13-25(21-26)33-28-16-15-24(20-27(28)22(3)4)29(35)34-30-31-17-10-18-32-30/h9,13-16,20-23,33H,5-8,10-12,17-19H2,1-4H3,(H2,31,32,34,35). The molecule has 0 bridgehead atoms. The highest BCUT2D eigenvalue weighted by molar-refractivity contribution is 6.06. The summed E-state index contributed by atoms with van der Waals surface area (Å²) in [7, 11) is 0. The zero-order valence-corrected chi connectivity index (χ0v) is 22.5. The molecule has 3 N–H and O–H groups in total. The van der Waals surface area contributed by atoms with E-state index in [1.807, 2.05) is 42.5 Å². The van der Waals surface area contributed by atoms with Crippen molar-refractivity contribution in [3.05, 3.63) is 53.6 Å².